The van der Waals surface area contributed by atoms with E-state index >= 15 is 0 Å². The van der Waals surface area contributed by atoms with Gasteiger partial charge in [-0.25, -0.2) is 13.1 Å². The monoisotopic (exact) mass is 443 g/mol. The number of amides is 1. The minimum absolute atomic E-state index is 0.00403. The Morgan fingerprint density at radius 2 is 2.00 bits per heavy atom. The van der Waals surface area contributed by atoms with Crippen molar-refractivity contribution in [3.05, 3.63) is 29.3 Å². The highest BCUT2D eigenvalue weighted by atomic mass is 35.5. The molecule has 0 bridgehead atoms. The van der Waals surface area contributed by atoms with E-state index in [1.165, 1.54) is 12.1 Å². The Labute approximate surface area is 178 Å². The number of carbonyl (C=O) groups is 1. The van der Waals surface area contributed by atoms with Crippen molar-refractivity contribution < 1.29 is 17.9 Å². The maximum absolute atomic E-state index is 12.7. The Morgan fingerprint density at radius 3 is 2.69 bits per heavy atom. The highest BCUT2D eigenvalue weighted by molar-refractivity contribution is 7.89. The van der Waals surface area contributed by atoms with Crippen molar-refractivity contribution >= 4 is 27.5 Å². The zero-order chi connectivity index (χ0) is 21.0. The predicted octanol–water partition coefficient (Wildman–Crippen LogP) is 2.11. The molecule has 29 heavy (non-hydrogen) atoms. The number of hydrogen-bond donors (Lipinski definition) is 1. The van der Waals surface area contributed by atoms with E-state index in [4.69, 9.17) is 16.3 Å². The van der Waals surface area contributed by atoms with Crippen LogP contribution in [0, 0.1) is 0 Å². The van der Waals surface area contributed by atoms with Crippen LogP contribution in [-0.2, 0) is 19.6 Å². The molecule has 1 N–H and O–H groups in total. The van der Waals surface area contributed by atoms with E-state index in [2.05, 4.69) is 23.5 Å². The molecule has 0 radical (unpaired) electrons. The van der Waals surface area contributed by atoms with Crippen molar-refractivity contribution in [2.24, 2.45) is 0 Å². The second-order valence-corrected chi connectivity index (χ2v) is 10.2. The summed E-state index contributed by atoms with van der Waals surface area (Å²) in [4.78, 5) is 17.1. The minimum atomic E-state index is -3.68. The van der Waals surface area contributed by atoms with Crippen molar-refractivity contribution in [2.75, 3.05) is 32.7 Å². The van der Waals surface area contributed by atoms with Crippen molar-refractivity contribution in [1.29, 1.82) is 0 Å². The van der Waals surface area contributed by atoms with Gasteiger partial charge in [0.1, 0.15) is 0 Å². The largest absolute Gasteiger partial charge is 0.373 e. The highest BCUT2D eigenvalue weighted by Crippen LogP contribution is 2.21. The van der Waals surface area contributed by atoms with Crippen LogP contribution in [0.2, 0.25) is 5.02 Å². The molecule has 0 aliphatic carbocycles. The average Bonchev–Trinajstić information content (AvgIpc) is 3.09. The van der Waals surface area contributed by atoms with E-state index in [0.29, 0.717) is 5.02 Å². The van der Waals surface area contributed by atoms with E-state index in [-0.39, 0.29) is 42.0 Å². The number of nitrogens with one attached hydrogen (secondary N) is 1. The van der Waals surface area contributed by atoms with Crippen LogP contribution in [0.15, 0.2) is 29.2 Å². The molecule has 2 fully saturated rings. The number of ether oxygens (including phenoxy) is 1. The Bertz CT molecular complexity index is 810. The molecular weight excluding hydrogens is 414 g/mol. The summed E-state index contributed by atoms with van der Waals surface area (Å²) in [6.07, 6.45) is 2.52. The fraction of sp³-hybridized carbons (Fsp3) is 0.650. The van der Waals surface area contributed by atoms with Gasteiger partial charge in [0.15, 0.2) is 0 Å². The first-order chi connectivity index (χ1) is 13.7. The molecule has 2 aliphatic rings. The molecule has 2 aliphatic heterocycles. The molecule has 7 nitrogen and oxygen atoms in total. The number of halogens is 1. The van der Waals surface area contributed by atoms with Gasteiger partial charge in [-0.2, -0.15) is 0 Å². The van der Waals surface area contributed by atoms with Crippen LogP contribution in [0.25, 0.3) is 0 Å². The zero-order valence-electron chi connectivity index (χ0n) is 17.0. The SMILES string of the molecule is C[C@@H]1CN(C[C@@H]2CCCN2C(=O)CCNS(=O)(=O)c2cccc(Cl)c2)C[C@H](C)O1. The minimum Gasteiger partial charge on any atom is -0.373 e. The first-order valence-electron chi connectivity index (χ1n) is 10.2. The molecular formula is C20H30ClN3O4S. The van der Waals surface area contributed by atoms with Crippen LogP contribution >= 0.6 is 11.6 Å². The molecule has 162 valence electrons. The Morgan fingerprint density at radius 1 is 1.28 bits per heavy atom. The fourth-order valence-corrected chi connectivity index (χ4v) is 5.57. The molecule has 0 spiro atoms. The summed E-state index contributed by atoms with van der Waals surface area (Å²) in [5, 5.41) is 0.357. The number of benzene rings is 1. The van der Waals surface area contributed by atoms with Gasteiger partial charge >= 0.3 is 0 Å². The maximum atomic E-state index is 12.7. The Hall–Kier alpha value is -1.19. The van der Waals surface area contributed by atoms with Crippen LogP contribution in [0.5, 0.6) is 0 Å². The van der Waals surface area contributed by atoms with Crippen molar-refractivity contribution in [1.82, 2.24) is 14.5 Å². The van der Waals surface area contributed by atoms with Crippen molar-refractivity contribution in [3.63, 3.8) is 0 Å². The summed E-state index contributed by atoms with van der Waals surface area (Å²) < 4.78 is 33.0. The molecule has 1 amide bonds. The third-order valence-electron chi connectivity index (χ3n) is 5.40. The Kier molecular flexibility index (Phi) is 7.56. The maximum Gasteiger partial charge on any atom is 0.240 e. The van der Waals surface area contributed by atoms with Crippen molar-refractivity contribution in [2.45, 2.75) is 56.3 Å². The molecule has 2 saturated heterocycles. The first kappa shape index (κ1) is 22.5. The third-order valence-corrected chi connectivity index (χ3v) is 7.09. The molecule has 0 saturated carbocycles. The normalized spacial score (nSPS) is 26.0. The second kappa shape index (κ2) is 9.75. The summed E-state index contributed by atoms with van der Waals surface area (Å²) in [5.74, 6) is -0.00403. The van der Waals surface area contributed by atoms with Gasteiger partial charge in [-0.05, 0) is 44.9 Å². The van der Waals surface area contributed by atoms with Crippen LogP contribution in [0.4, 0.5) is 0 Å². The smallest absolute Gasteiger partial charge is 0.240 e. The van der Waals surface area contributed by atoms with Crippen LogP contribution < -0.4 is 4.72 Å². The molecule has 0 unspecified atom stereocenters. The summed E-state index contributed by atoms with van der Waals surface area (Å²) in [6, 6.07) is 6.27. The topological polar surface area (TPSA) is 79.0 Å². The van der Waals surface area contributed by atoms with Crippen LogP contribution in [-0.4, -0.2) is 75.1 Å². The predicted molar refractivity (Wildman–Crippen MR) is 112 cm³/mol. The van der Waals surface area contributed by atoms with Gasteiger partial charge in [0.2, 0.25) is 15.9 Å². The molecule has 1 aromatic rings. The standard InChI is InChI=1S/C20H30ClN3O4S/c1-15-12-23(13-16(2)28-15)14-18-6-4-10-24(18)20(25)8-9-22-29(26,27)19-7-3-5-17(21)11-19/h3,5,7,11,15-16,18,22H,4,6,8-10,12-14H2,1-2H3/t15-,16+,18-/m0/s1. The van der Waals surface area contributed by atoms with Gasteiger partial charge in [0.25, 0.3) is 0 Å². The molecule has 9 heteroatoms. The average molecular weight is 444 g/mol. The quantitative estimate of drug-likeness (QED) is 0.698. The molecule has 3 atom stereocenters. The van der Waals surface area contributed by atoms with Gasteiger partial charge in [-0.3, -0.25) is 9.69 Å². The summed E-state index contributed by atoms with van der Waals surface area (Å²) in [5.41, 5.74) is 0. The second-order valence-electron chi connectivity index (χ2n) is 7.96. The number of sulfonamides is 1. The number of rotatable bonds is 7. The van der Waals surface area contributed by atoms with Crippen LogP contribution in [0.1, 0.15) is 33.1 Å². The van der Waals surface area contributed by atoms with Crippen molar-refractivity contribution in [3.8, 4) is 0 Å². The highest BCUT2D eigenvalue weighted by Gasteiger charge is 2.32. The Balaban J connectivity index is 1.50. The van der Waals surface area contributed by atoms with E-state index in [0.717, 1.165) is 39.0 Å². The number of hydrogen-bond acceptors (Lipinski definition) is 5. The summed E-state index contributed by atoms with van der Waals surface area (Å²) in [7, 11) is -3.68. The first-order valence-corrected chi connectivity index (χ1v) is 12.0. The van der Waals surface area contributed by atoms with Gasteiger partial charge in [-0.15, -0.1) is 0 Å². The fourth-order valence-electron chi connectivity index (χ4n) is 4.24. The molecule has 0 aromatic heterocycles. The van der Waals surface area contributed by atoms with Gasteiger partial charge in [0, 0.05) is 50.2 Å². The van der Waals surface area contributed by atoms with E-state index in [9.17, 15) is 13.2 Å². The zero-order valence-corrected chi connectivity index (χ0v) is 18.6. The number of carbonyl (C=O) groups excluding carboxylic acids is 1. The third kappa shape index (κ3) is 6.15. The molecule has 1 aromatic carbocycles. The summed E-state index contributed by atoms with van der Waals surface area (Å²) >= 11 is 5.87. The number of nitrogens with zero attached hydrogens (tertiary/aromatic N) is 2. The lowest BCUT2D eigenvalue weighted by atomic mass is 10.1. The molecule has 3 rings (SSSR count). The lowest BCUT2D eigenvalue weighted by Gasteiger charge is -2.38. The van der Waals surface area contributed by atoms with E-state index in [1.54, 1.807) is 12.1 Å². The molecule has 2 heterocycles. The van der Waals surface area contributed by atoms with Crippen LogP contribution in [0.3, 0.4) is 0 Å². The number of morpholine rings is 1. The van der Waals surface area contributed by atoms with E-state index < -0.39 is 10.0 Å². The lowest BCUT2D eigenvalue weighted by molar-refractivity contribution is -0.132. The van der Waals surface area contributed by atoms with Gasteiger partial charge in [0.05, 0.1) is 17.1 Å². The van der Waals surface area contributed by atoms with Gasteiger partial charge in [-0.1, -0.05) is 17.7 Å². The number of likely N-dealkylation sites (tertiary alicyclic amines) is 1. The van der Waals surface area contributed by atoms with Gasteiger partial charge < -0.3 is 9.64 Å². The summed E-state index contributed by atoms with van der Waals surface area (Å²) in [6.45, 7) is 7.56. The lowest BCUT2D eigenvalue weighted by Crippen LogP contribution is -2.51. The van der Waals surface area contributed by atoms with E-state index in [1.807, 2.05) is 4.90 Å².